The minimum absolute atomic E-state index is 0.00682. The molecule has 0 aromatic rings. The first-order valence-electron chi connectivity index (χ1n) is 7.20. The third-order valence-electron chi connectivity index (χ3n) is 4.32. The molecule has 0 radical (unpaired) electrons. The third-order valence-corrected chi connectivity index (χ3v) is 4.32. The molecule has 2 rings (SSSR count). The third kappa shape index (κ3) is 3.54. The maximum Gasteiger partial charge on any atom is 0.237 e. The molecule has 2 aliphatic rings. The van der Waals surface area contributed by atoms with Crippen LogP contribution < -0.4 is 0 Å². The Morgan fingerprint density at radius 3 is 2.47 bits per heavy atom. The molecule has 108 valence electrons. The molecule has 2 unspecified atom stereocenters. The van der Waals surface area contributed by atoms with Crippen LogP contribution in [0.5, 0.6) is 0 Å². The lowest BCUT2D eigenvalue weighted by molar-refractivity contribution is -0.141. The molecule has 2 fully saturated rings. The van der Waals surface area contributed by atoms with Gasteiger partial charge in [0.2, 0.25) is 5.91 Å². The highest BCUT2D eigenvalue weighted by Crippen LogP contribution is 2.19. The summed E-state index contributed by atoms with van der Waals surface area (Å²) in [5, 5.41) is 0. The number of nitrogens with zero attached hydrogens (tertiary/aromatic N) is 3. The quantitative estimate of drug-likeness (QED) is 0.710. The second-order valence-electron chi connectivity index (χ2n) is 6.05. The number of Topliss-reactive ketones (excluding diaryl/α,β-unsaturated/α-hetero) is 1. The maximum atomic E-state index is 12.4. The number of hydrogen-bond donors (Lipinski definition) is 0. The van der Waals surface area contributed by atoms with Crippen LogP contribution in [0, 0.1) is 5.92 Å². The smallest absolute Gasteiger partial charge is 0.237 e. The largest absolute Gasteiger partial charge is 0.338 e. The van der Waals surface area contributed by atoms with Crippen molar-refractivity contribution >= 4 is 11.7 Å². The molecule has 5 nitrogen and oxygen atoms in total. The van der Waals surface area contributed by atoms with Gasteiger partial charge < -0.3 is 9.80 Å². The van der Waals surface area contributed by atoms with Crippen molar-refractivity contribution in [3.8, 4) is 0 Å². The lowest BCUT2D eigenvalue weighted by Crippen LogP contribution is -2.53. The van der Waals surface area contributed by atoms with Crippen LogP contribution in [0.1, 0.15) is 20.3 Å². The molecule has 2 aliphatic heterocycles. The van der Waals surface area contributed by atoms with Crippen LogP contribution in [0.15, 0.2) is 0 Å². The summed E-state index contributed by atoms with van der Waals surface area (Å²) in [5.74, 6) is 0.459. The number of amides is 1. The van der Waals surface area contributed by atoms with E-state index in [1.54, 1.807) is 0 Å². The van der Waals surface area contributed by atoms with Crippen LogP contribution in [-0.4, -0.2) is 78.7 Å². The molecule has 0 saturated carbocycles. The maximum absolute atomic E-state index is 12.4. The first-order valence-corrected chi connectivity index (χ1v) is 7.20. The molecule has 0 N–H and O–H groups in total. The SMILES string of the molecule is CC1CN(C(=O)CN2CCN(C)CC2)C(C)CC1=O. The van der Waals surface area contributed by atoms with Crippen molar-refractivity contribution in [1.29, 1.82) is 0 Å². The molecule has 2 heterocycles. The lowest BCUT2D eigenvalue weighted by atomic mass is 9.93. The van der Waals surface area contributed by atoms with Gasteiger partial charge in [-0.15, -0.1) is 0 Å². The number of rotatable bonds is 2. The van der Waals surface area contributed by atoms with Gasteiger partial charge in [0.25, 0.3) is 0 Å². The van der Waals surface area contributed by atoms with Gasteiger partial charge in [0.05, 0.1) is 6.54 Å². The number of likely N-dealkylation sites (tertiary alicyclic amines) is 1. The van der Waals surface area contributed by atoms with Crippen LogP contribution in [-0.2, 0) is 9.59 Å². The lowest BCUT2D eigenvalue weighted by Gasteiger charge is -2.38. The second kappa shape index (κ2) is 6.01. The van der Waals surface area contributed by atoms with E-state index in [0.717, 1.165) is 26.2 Å². The summed E-state index contributed by atoms with van der Waals surface area (Å²) < 4.78 is 0. The van der Waals surface area contributed by atoms with Gasteiger partial charge in [0, 0.05) is 51.1 Å². The van der Waals surface area contributed by atoms with E-state index in [1.165, 1.54) is 0 Å². The average Bonchev–Trinajstić information content (AvgIpc) is 2.36. The second-order valence-corrected chi connectivity index (χ2v) is 6.05. The summed E-state index contributed by atoms with van der Waals surface area (Å²) in [7, 11) is 2.11. The van der Waals surface area contributed by atoms with Crippen molar-refractivity contribution < 1.29 is 9.59 Å². The number of piperazine rings is 1. The Hall–Kier alpha value is -0.940. The summed E-state index contributed by atoms with van der Waals surface area (Å²) in [5.41, 5.74) is 0. The molecule has 0 spiro atoms. The van der Waals surface area contributed by atoms with Gasteiger partial charge in [0.15, 0.2) is 0 Å². The van der Waals surface area contributed by atoms with Crippen LogP contribution >= 0.6 is 0 Å². The highest BCUT2D eigenvalue weighted by atomic mass is 16.2. The zero-order valence-electron chi connectivity index (χ0n) is 12.3. The van der Waals surface area contributed by atoms with Crippen LogP contribution in [0.4, 0.5) is 0 Å². The van der Waals surface area contributed by atoms with Crippen molar-refractivity contribution in [2.24, 2.45) is 5.92 Å². The van der Waals surface area contributed by atoms with E-state index >= 15 is 0 Å². The monoisotopic (exact) mass is 267 g/mol. The Labute approximate surface area is 115 Å². The Morgan fingerprint density at radius 2 is 1.84 bits per heavy atom. The van der Waals surface area contributed by atoms with E-state index in [1.807, 2.05) is 18.7 Å². The molecule has 2 atom stereocenters. The summed E-state index contributed by atoms with van der Waals surface area (Å²) in [6.07, 6.45) is 0.510. The van der Waals surface area contributed by atoms with Crippen LogP contribution in [0.3, 0.4) is 0 Å². The molecule has 2 saturated heterocycles. The first-order chi connectivity index (χ1) is 8.97. The van der Waals surface area contributed by atoms with E-state index in [-0.39, 0.29) is 23.7 Å². The molecule has 0 aromatic carbocycles. The zero-order chi connectivity index (χ0) is 14.0. The van der Waals surface area contributed by atoms with Gasteiger partial charge in [-0.05, 0) is 14.0 Å². The standard InChI is InChI=1S/C14H25N3O2/c1-11-9-17(12(2)8-13(11)18)14(19)10-16-6-4-15(3)5-7-16/h11-12H,4-10H2,1-3H3. The topological polar surface area (TPSA) is 43.9 Å². The van der Waals surface area contributed by atoms with Gasteiger partial charge in [-0.25, -0.2) is 0 Å². The highest BCUT2D eigenvalue weighted by molar-refractivity contribution is 5.86. The van der Waals surface area contributed by atoms with Gasteiger partial charge >= 0.3 is 0 Å². The van der Waals surface area contributed by atoms with E-state index in [9.17, 15) is 9.59 Å². The number of carbonyl (C=O) groups excluding carboxylic acids is 2. The van der Waals surface area contributed by atoms with E-state index in [4.69, 9.17) is 0 Å². The summed E-state index contributed by atoms with van der Waals surface area (Å²) in [6.45, 7) is 8.95. The normalized spacial score (nSPS) is 30.7. The van der Waals surface area contributed by atoms with Crippen LogP contribution in [0.2, 0.25) is 0 Å². The Balaban J connectivity index is 1.87. The molecule has 0 aromatic heterocycles. The number of carbonyl (C=O) groups is 2. The predicted octanol–water partition coefficient (Wildman–Crippen LogP) is 0.0598. The van der Waals surface area contributed by atoms with Gasteiger partial charge in [-0.2, -0.15) is 0 Å². The molecule has 0 bridgehead atoms. The van der Waals surface area contributed by atoms with Gasteiger partial charge in [0.1, 0.15) is 5.78 Å². The molecular formula is C14H25N3O2. The number of hydrogen-bond acceptors (Lipinski definition) is 4. The van der Waals surface area contributed by atoms with E-state index < -0.39 is 0 Å². The summed E-state index contributed by atoms with van der Waals surface area (Å²) in [4.78, 5) is 30.4. The minimum Gasteiger partial charge on any atom is -0.338 e. The van der Waals surface area contributed by atoms with Gasteiger partial charge in [-0.1, -0.05) is 6.92 Å². The number of piperidine rings is 1. The van der Waals surface area contributed by atoms with Crippen molar-refractivity contribution in [2.75, 3.05) is 46.3 Å². The fraction of sp³-hybridized carbons (Fsp3) is 0.857. The highest BCUT2D eigenvalue weighted by Gasteiger charge is 2.32. The van der Waals surface area contributed by atoms with Crippen molar-refractivity contribution in [3.63, 3.8) is 0 Å². The van der Waals surface area contributed by atoms with E-state index in [0.29, 0.717) is 19.5 Å². The predicted molar refractivity (Wildman–Crippen MR) is 73.9 cm³/mol. The molecule has 1 amide bonds. The molecular weight excluding hydrogens is 242 g/mol. The molecule has 5 heteroatoms. The van der Waals surface area contributed by atoms with Crippen LogP contribution in [0.25, 0.3) is 0 Å². The number of ketones is 1. The Bertz CT molecular complexity index is 351. The number of likely N-dealkylation sites (N-methyl/N-ethyl adjacent to an activating group) is 1. The van der Waals surface area contributed by atoms with Crippen molar-refractivity contribution in [2.45, 2.75) is 26.3 Å². The fourth-order valence-corrected chi connectivity index (χ4v) is 2.82. The Kier molecular flexibility index (Phi) is 4.58. The van der Waals surface area contributed by atoms with Crippen molar-refractivity contribution in [1.82, 2.24) is 14.7 Å². The van der Waals surface area contributed by atoms with Crippen molar-refractivity contribution in [3.05, 3.63) is 0 Å². The average molecular weight is 267 g/mol. The minimum atomic E-state index is -0.00682. The fourth-order valence-electron chi connectivity index (χ4n) is 2.82. The Morgan fingerprint density at radius 1 is 1.21 bits per heavy atom. The zero-order valence-corrected chi connectivity index (χ0v) is 12.3. The summed E-state index contributed by atoms with van der Waals surface area (Å²) >= 11 is 0. The molecule has 19 heavy (non-hydrogen) atoms. The molecule has 0 aliphatic carbocycles. The van der Waals surface area contributed by atoms with E-state index in [2.05, 4.69) is 16.8 Å². The first kappa shape index (κ1) is 14.5. The van der Waals surface area contributed by atoms with Gasteiger partial charge in [-0.3, -0.25) is 14.5 Å². The summed E-state index contributed by atoms with van der Waals surface area (Å²) in [6, 6.07) is 0.0589.